The van der Waals surface area contributed by atoms with Gasteiger partial charge in [-0.15, -0.1) is 0 Å². The lowest BCUT2D eigenvalue weighted by atomic mass is 10.3. The molecule has 0 atom stereocenters. The Balaban J connectivity index is 1.78. The molecule has 7 heteroatoms. The number of ether oxygens (including phenoxy) is 1. The molecule has 3 N–H and O–H groups in total. The zero-order chi connectivity index (χ0) is 15.1. The van der Waals surface area contributed by atoms with Crippen molar-refractivity contribution in [1.29, 1.82) is 0 Å². The number of hydrogen-bond acceptors (Lipinski definition) is 7. The van der Waals surface area contributed by atoms with Crippen molar-refractivity contribution in [3.05, 3.63) is 30.3 Å². The summed E-state index contributed by atoms with van der Waals surface area (Å²) in [6, 6.07) is 10.5. The van der Waals surface area contributed by atoms with Gasteiger partial charge < -0.3 is 20.7 Å². The summed E-state index contributed by atoms with van der Waals surface area (Å²) in [4.78, 5) is 14.1. The van der Waals surface area contributed by atoms with E-state index in [-0.39, 0.29) is 12.0 Å². The third-order valence-electron chi connectivity index (χ3n) is 2.97. The van der Waals surface area contributed by atoms with Crippen LogP contribution >= 0.6 is 0 Å². The monoisotopic (exact) mass is 288 g/mol. The number of aromatic nitrogens is 3. The maximum Gasteiger partial charge on any atom is 0.322 e. The van der Waals surface area contributed by atoms with Crippen LogP contribution in [0.3, 0.4) is 0 Å². The molecule has 0 unspecified atom stereocenters. The summed E-state index contributed by atoms with van der Waals surface area (Å²) >= 11 is 0. The standard InChI is InChI=1S/C14H20N6O/c1-20(11-7-4-3-5-8-11)10-6-9-16-13-17-12(15)18-14(19-13)21-2/h3-5,7-8H,6,9-10H2,1-2H3,(H3,15,16,17,18,19). The van der Waals surface area contributed by atoms with E-state index in [1.807, 2.05) is 18.2 Å². The van der Waals surface area contributed by atoms with Crippen molar-refractivity contribution in [2.75, 3.05) is 43.2 Å². The maximum atomic E-state index is 5.57. The molecule has 0 amide bonds. The molecule has 7 nitrogen and oxygen atoms in total. The van der Waals surface area contributed by atoms with Crippen molar-refractivity contribution in [2.45, 2.75) is 6.42 Å². The summed E-state index contributed by atoms with van der Waals surface area (Å²) in [5.41, 5.74) is 6.77. The molecule has 1 aromatic heterocycles. The van der Waals surface area contributed by atoms with E-state index in [4.69, 9.17) is 10.5 Å². The molecule has 21 heavy (non-hydrogen) atoms. The number of nitrogens with one attached hydrogen (secondary N) is 1. The quantitative estimate of drug-likeness (QED) is 0.744. The van der Waals surface area contributed by atoms with Crippen LogP contribution in [-0.2, 0) is 0 Å². The van der Waals surface area contributed by atoms with Crippen LogP contribution in [0.2, 0.25) is 0 Å². The molecular weight excluding hydrogens is 268 g/mol. The van der Waals surface area contributed by atoms with E-state index in [0.29, 0.717) is 5.95 Å². The van der Waals surface area contributed by atoms with Gasteiger partial charge in [0.1, 0.15) is 0 Å². The Kier molecular flexibility index (Phi) is 5.14. The van der Waals surface area contributed by atoms with Gasteiger partial charge in [0.2, 0.25) is 11.9 Å². The zero-order valence-electron chi connectivity index (χ0n) is 12.3. The van der Waals surface area contributed by atoms with Crippen molar-refractivity contribution in [2.24, 2.45) is 0 Å². The van der Waals surface area contributed by atoms with Crippen LogP contribution in [0.25, 0.3) is 0 Å². The molecule has 0 radical (unpaired) electrons. The Morgan fingerprint density at radius 3 is 2.67 bits per heavy atom. The fourth-order valence-electron chi connectivity index (χ4n) is 1.87. The summed E-state index contributed by atoms with van der Waals surface area (Å²) < 4.78 is 4.95. The van der Waals surface area contributed by atoms with Crippen LogP contribution in [0, 0.1) is 0 Å². The number of rotatable bonds is 7. The fraction of sp³-hybridized carbons (Fsp3) is 0.357. The Hall–Kier alpha value is -2.57. The zero-order valence-corrected chi connectivity index (χ0v) is 12.3. The van der Waals surface area contributed by atoms with E-state index < -0.39 is 0 Å². The molecule has 0 aliphatic carbocycles. The molecule has 1 aromatic carbocycles. The molecule has 0 saturated carbocycles. The van der Waals surface area contributed by atoms with Crippen molar-refractivity contribution >= 4 is 17.6 Å². The molecule has 1 heterocycles. The molecule has 2 rings (SSSR count). The SMILES string of the molecule is COc1nc(N)nc(NCCCN(C)c2ccccc2)n1. The van der Waals surface area contributed by atoms with Crippen molar-refractivity contribution in [1.82, 2.24) is 15.0 Å². The van der Waals surface area contributed by atoms with Crippen LogP contribution in [0.1, 0.15) is 6.42 Å². The first kappa shape index (κ1) is 14.8. The number of nitrogens with zero attached hydrogens (tertiary/aromatic N) is 4. The normalized spacial score (nSPS) is 10.2. The Bertz CT molecular complexity index is 563. The van der Waals surface area contributed by atoms with Gasteiger partial charge in [0.15, 0.2) is 0 Å². The molecule has 0 aliphatic heterocycles. The van der Waals surface area contributed by atoms with Gasteiger partial charge in [0.05, 0.1) is 7.11 Å². The molecule has 0 fully saturated rings. The first-order chi connectivity index (χ1) is 10.2. The summed E-state index contributed by atoms with van der Waals surface area (Å²) in [5.74, 6) is 0.576. The molecular formula is C14H20N6O. The third kappa shape index (κ3) is 4.48. The average Bonchev–Trinajstić information content (AvgIpc) is 2.51. The van der Waals surface area contributed by atoms with E-state index in [1.54, 1.807) is 0 Å². The molecule has 0 bridgehead atoms. The largest absolute Gasteiger partial charge is 0.467 e. The predicted molar refractivity (Wildman–Crippen MR) is 83.6 cm³/mol. The number of methoxy groups -OCH3 is 1. The van der Waals surface area contributed by atoms with Gasteiger partial charge in [0.25, 0.3) is 0 Å². The molecule has 0 spiro atoms. The van der Waals surface area contributed by atoms with Crippen molar-refractivity contribution < 1.29 is 4.74 Å². The second-order valence-electron chi connectivity index (χ2n) is 4.54. The van der Waals surface area contributed by atoms with Crippen LogP contribution in [0.15, 0.2) is 30.3 Å². The first-order valence-electron chi connectivity index (χ1n) is 6.74. The number of para-hydroxylation sites is 1. The Labute approximate surface area is 124 Å². The highest BCUT2D eigenvalue weighted by Gasteiger charge is 2.04. The average molecular weight is 288 g/mol. The van der Waals surface area contributed by atoms with E-state index >= 15 is 0 Å². The summed E-state index contributed by atoms with van der Waals surface area (Å²) in [6.45, 7) is 1.67. The summed E-state index contributed by atoms with van der Waals surface area (Å²) in [6.07, 6.45) is 0.944. The lowest BCUT2D eigenvalue weighted by Crippen LogP contribution is -2.21. The fourth-order valence-corrected chi connectivity index (χ4v) is 1.87. The molecule has 0 aliphatic rings. The van der Waals surface area contributed by atoms with Crippen molar-refractivity contribution in [3.8, 4) is 6.01 Å². The summed E-state index contributed by atoms with van der Waals surface area (Å²) in [5, 5.41) is 3.12. The van der Waals surface area contributed by atoms with Crippen LogP contribution in [0.4, 0.5) is 17.6 Å². The topological polar surface area (TPSA) is 89.2 Å². The van der Waals surface area contributed by atoms with Gasteiger partial charge in [-0.2, -0.15) is 15.0 Å². The van der Waals surface area contributed by atoms with Crippen LogP contribution in [-0.4, -0.2) is 42.2 Å². The maximum absolute atomic E-state index is 5.57. The minimum absolute atomic E-state index is 0.144. The number of hydrogen-bond donors (Lipinski definition) is 2. The van der Waals surface area contributed by atoms with E-state index in [2.05, 4.69) is 44.3 Å². The second-order valence-corrected chi connectivity index (χ2v) is 4.54. The predicted octanol–water partition coefficient (Wildman–Crippen LogP) is 1.40. The highest BCUT2D eigenvalue weighted by molar-refractivity contribution is 5.44. The summed E-state index contributed by atoms with van der Waals surface area (Å²) in [7, 11) is 3.56. The van der Waals surface area contributed by atoms with Gasteiger partial charge in [-0.3, -0.25) is 0 Å². The molecule has 112 valence electrons. The number of nitrogens with two attached hydrogens (primary N) is 1. The van der Waals surface area contributed by atoms with Crippen molar-refractivity contribution in [3.63, 3.8) is 0 Å². The first-order valence-corrected chi connectivity index (χ1v) is 6.74. The van der Waals surface area contributed by atoms with Gasteiger partial charge in [-0.1, -0.05) is 18.2 Å². The van der Waals surface area contributed by atoms with E-state index in [0.717, 1.165) is 19.5 Å². The van der Waals surface area contributed by atoms with Gasteiger partial charge in [-0.05, 0) is 18.6 Å². The van der Waals surface area contributed by atoms with Gasteiger partial charge >= 0.3 is 6.01 Å². The Morgan fingerprint density at radius 2 is 1.95 bits per heavy atom. The van der Waals surface area contributed by atoms with Gasteiger partial charge in [0, 0.05) is 25.8 Å². The van der Waals surface area contributed by atoms with Crippen LogP contribution in [0.5, 0.6) is 6.01 Å². The minimum atomic E-state index is 0.144. The second kappa shape index (κ2) is 7.28. The van der Waals surface area contributed by atoms with E-state index in [1.165, 1.54) is 12.8 Å². The van der Waals surface area contributed by atoms with E-state index in [9.17, 15) is 0 Å². The highest BCUT2D eigenvalue weighted by Crippen LogP contribution is 2.11. The van der Waals surface area contributed by atoms with Crippen LogP contribution < -0.4 is 20.7 Å². The Morgan fingerprint density at radius 1 is 1.19 bits per heavy atom. The molecule has 0 saturated heterocycles. The number of benzene rings is 1. The smallest absolute Gasteiger partial charge is 0.322 e. The highest BCUT2D eigenvalue weighted by atomic mass is 16.5. The lowest BCUT2D eigenvalue weighted by molar-refractivity contribution is 0.379. The molecule has 2 aromatic rings. The minimum Gasteiger partial charge on any atom is -0.467 e. The number of anilines is 3. The lowest BCUT2D eigenvalue weighted by Gasteiger charge is -2.19. The number of nitrogen functional groups attached to an aromatic ring is 1. The third-order valence-corrected chi connectivity index (χ3v) is 2.97. The van der Waals surface area contributed by atoms with Gasteiger partial charge in [-0.25, -0.2) is 0 Å².